The second-order valence-corrected chi connectivity index (χ2v) is 7.57. The second kappa shape index (κ2) is 7.20. The number of thiazole rings is 1. The normalized spacial score (nSPS) is 26.4. The van der Waals surface area contributed by atoms with Gasteiger partial charge in [-0.1, -0.05) is 42.5 Å². The molecule has 1 aromatic carbocycles. The summed E-state index contributed by atoms with van der Waals surface area (Å²) in [5.74, 6) is 0.672. The summed E-state index contributed by atoms with van der Waals surface area (Å²) >= 11 is 7.57. The standard InChI is InChI=1S/C17H19ClN2OS.CH4/c18-14-5-3-12(4-6-14)16-10-19-17(22-16)21-15-7-9-20-8-1-2-13(15)11-20;/h3-6,10,13,15H,1-2,7-9,11H2;1H4/t13?,15-;/m0./s1. The van der Waals surface area contributed by atoms with Gasteiger partial charge < -0.3 is 9.64 Å². The van der Waals surface area contributed by atoms with E-state index < -0.39 is 0 Å². The molecule has 0 amide bonds. The number of nitrogens with zero attached hydrogens (tertiary/aromatic N) is 2. The highest BCUT2D eigenvalue weighted by molar-refractivity contribution is 7.16. The third kappa shape index (κ3) is 3.70. The van der Waals surface area contributed by atoms with Crippen molar-refractivity contribution < 1.29 is 4.74 Å². The van der Waals surface area contributed by atoms with Crippen molar-refractivity contribution in [2.24, 2.45) is 5.92 Å². The number of hydrogen-bond acceptors (Lipinski definition) is 4. The van der Waals surface area contributed by atoms with Crippen LogP contribution in [0.25, 0.3) is 10.4 Å². The first-order valence-corrected chi connectivity index (χ1v) is 9.08. The Labute approximate surface area is 147 Å². The molecule has 2 bridgehead atoms. The third-order valence-corrected chi connectivity index (χ3v) is 5.85. The van der Waals surface area contributed by atoms with E-state index in [0.29, 0.717) is 12.0 Å². The zero-order chi connectivity index (χ0) is 14.9. The van der Waals surface area contributed by atoms with Gasteiger partial charge in [-0.05, 0) is 43.5 Å². The number of benzene rings is 1. The molecule has 1 aromatic heterocycles. The molecule has 0 aliphatic carbocycles. The molecule has 3 atom stereocenters. The molecule has 23 heavy (non-hydrogen) atoms. The largest absolute Gasteiger partial charge is 0.466 e. The molecule has 0 radical (unpaired) electrons. The minimum atomic E-state index is 0. The molecule has 2 aliphatic rings. The number of fused-ring (bicyclic) bond motifs is 2. The summed E-state index contributed by atoms with van der Waals surface area (Å²) in [6, 6.07) is 7.88. The van der Waals surface area contributed by atoms with Gasteiger partial charge in [0.05, 0.1) is 4.88 Å². The Kier molecular flexibility index (Phi) is 5.24. The molecule has 2 unspecified atom stereocenters. The lowest BCUT2D eigenvalue weighted by molar-refractivity contribution is 0.0150. The van der Waals surface area contributed by atoms with Crippen molar-refractivity contribution >= 4 is 22.9 Å². The maximum absolute atomic E-state index is 6.22. The first-order chi connectivity index (χ1) is 10.8. The highest BCUT2D eigenvalue weighted by atomic mass is 35.5. The molecular formula is C18H23ClN2OS. The van der Waals surface area contributed by atoms with E-state index in [9.17, 15) is 0 Å². The zero-order valence-electron chi connectivity index (χ0n) is 12.4. The molecule has 3 nitrogen and oxygen atoms in total. The Hall–Kier alpha value is -1.10. The molecular weight excluding hydrogens is 328 g/mol. The van der Waals surface area contributed by atoms with Gasteiger partial charge >= 0.3 is 0 Å². The summed E-state index contributed by atoms with van der Waals surface area (Å²) in [6.45, 7) is 3.62. The van der Waals surface area contributed by atoms with Gasteiger partial charge in [0.1, 0.15) is 6.10 Å². The number of rotatable bonds is 3. The third-order valence-electron chi connectivity index (χ3n) is 4.66. The van der Waals surface area contributed by atoms with Gasteiger partial charge in [0.15, 0.2) is 0 Å². The zero-order valence-corrected chi connectivity index (χ0v) is 13.9. The Morgan fingerprint density at radius 1 is 1.17 bits per heavy atom. The second-order valence-electron chi connectivity index (χ2n) is 6.15. The molecule has 5 heteroatoms. The topological polar surface area (TPSA) is 25.4 Å². The van der Waals surface area contributed by atoms with Gasteiger partial charge in [0.25, 0.3) is 5.19 Å². The van der Waals surface area contributed by atoms with Gasteiger partial charge in [0, 0.05) is 30.2 Å². The molecule has 124 valence electrons. The molecule has 2 aliphatic heterocycles. The molecule has 2 aromatic rings. The summed E-state index contributed by atoms with van der Waals surface area (Å²) in [6.07, 6.45) is 5.95. The Bertz CT molecular complexity index is 643. The fourth-order valence-corrected chi connectivity index (χ4v) is 4.44. The number of hydrogen-bond donors (Lipinski definition) is 0. The summed E-state index contributed by atoms with van der Waals surface area (Å²) in [5, 5.41) is 1.56. The number of aromatic nitrogens is 1. The number of ether oxygens (including phenoxy) is 1. The first kappa shape index (κ1) is 16.7. The van der Waals surface area contributed by atoms with Crippen LogP contribution in [0.3, 0.4) is 0 Å². The van der Waals surface area contributed by atoms with Crippen LogP contribution in [0.15, 0.2) is 30.5 Å². The average Bonchev–Trinajstić information content (AvgIpc) is 3.00. The quantitative estimate of drug-likeness (QED) is 0.782. The first-order valence-electron chi connectivity index (χ1n) is 7.89. The average molecular weight is 351 g/mol. The molecule has 2 fully saturated rings. The van der Waals surface area contributed by atoms with Crippen LogP contribution in [0.1, 0.15) is 26.7 Å². The SMILES string of the molecule is C.Clc1ccc(-c2cnc(O[C@H]3CCN4CCCC3C4)s2)cc1. The van der Waals surface area contributed by atoms with E-state index in [1.165, 1.54) is 25.9 Å². The molecule has 4 rings (SSSR count). The summed E-state index contributed by atoms with van der Waals surface area (Å²) in [4.78, 5) is 8.16. The van der Waals surface area contributed by atoms with E-state index in [1.807, 2.05) is 30.5 Å². The molecule has 0 saturated carbocycles. The van der Waals surface area contributed by atoms with E-state index in [4.69, 9.17) is 16.3 Å². The van der Waals surface area contributed by atoms with Crippen LogP contribution in [0, 0.1) is 5.92 Å². The molecule has 2 saturated heterocycles. The van der Waals surface area contributed by atoms with E-state index >= 15 is 0 Å². The van der Waals surface area contributed by atoms with E-state index in [0.717, 1.165) is 33.6 Å². The molecule has 0 spiro atoms. The van der Waals surface area contributed by atoms with Crippen molar-refractivity contribution in [2.45, 2.75) is 32.8 Å². The Balaban J connectivity index is 0.00000156. The van der Waals surface area contributed by atoms with Crippen LogP contribution in [-0.2, 0) is 0 Å². The van der Waals surface area contributed by atoms with Gasteiger partial charge in [0.2, 0.25) is 0 Å². The Morgan fingerprint density at radius 2 is 2.00 bits per heavy atom. The lowest BCUT2D eigenvalue weighted by Crippen LogP contribution is -2.48. The molecule has 3 heterocycles. The minimum absolute atomic E-state index is 0. The van der Waals surface area contributed by atoms with Crippen molar-refractivity contribution in [3.8, 4) is 15.6 Å². The number of halogens is 1. The maximum atomic E-state index is 6.22. The van der Waals surface area contributed by atoms with Gasteiger partial charge in [-0.25, -0.2) is 4.98 Å². The number of piperidine rings is 2. The van der Waals surface area contributed by atoms with Crippen LogP contribution >= 0.6 is 22.9 Å². The molecule has 0 N–H and O–H groups in total. The summed E-state index contributed by atoms with van der Waals surface area (Å²) in [5.41, 5.74) is 1.14. The van der Waals surface area contributed by atoms with Crippen LogP contribution in [-0.4, -0.2) is 35.6 Å². The van der Waals surface area contributed by atoms with Gasteiger partial charge in [-0.2, -0.15) is 0 Å². The minimum Gasteiger partial charge on any atom is -0.466 e. The van der Waals surface area contributed by atoms with Crippen molar-refractivity contribution in [1.29, 1.82) is 0 Å². The maximum Gasteiger partial charge on any atom is 0.273 e. The van der Waals surface area contributed by atoms with Crippen LogP contribution in [0.2, 0.25) is 5.02 Å². The highest BCUT2D eigenvalue weighted by Gasteiger charge is 2.33. The van der Waals surface area contributed by atoms with Crippen LogP contribution in [0.4, 0.5) is 0 Å². The van der Waals surface area contributed by atoms with E-state index in [-0.39, 0.29) is 7.43 Å². The summed E-state index contributed by atoms with van der Waals surface area (Å²) < 4.78 is 6.22. The van der Waals surface area contributed by atoms with Crippen molar-refractivity contribution in [1.82, 2.24) is 9.88 Å². The highest BCUT2D eigenvalue weighted by Crippen LogP contribution is 2.34. The fourth-order valence-electron chi connectivity index (χ4n) is 3.49. The van der Waals surface area contributed by atoms with Crippen molar-refractivity contribution in [3.05, 3.63) is 35.5 Å². The predicted octanol–water partition coefficient (Wildman–Crippen LogP) is 4.96. The predicted molar refractivity (Wildman–Crippen MR) is 97.5 cm³/mol. The summed E-state index contributed by atoms with van der Waals surface area (Å²) in [7, 11) is 0. The van der Waals surface area contributed by atoms with Crippen molar-refractivity contribution in [2.75, 3.05) is 19.6 Å². The van der Waals surface area contributed by atoms with Gasteiger partial charge in [-0.15, -0.1) is 0 Å². The van der Waals surface area contributed by atoms with Gasteiger partial charge in [-0.3, -0.25) is 0 Å². The Morgan fingerprint density at radius 3 is 2.83 bits per heavy atom. The van der Waals surface area contributed by atoms with Crippen LogP contribution < -0.4 is 4.74 Å². The van der Waals surface area contributed by atoms with E-state index in [1.54, 1.807) is 11.3 Å². The fraction of sp³-hybridized carbons (Fsp3) is 0.500. The van der Waals surface area contributed by atoms with Crippen molar-refractivity contribution in [3.63, 3.8) is 0 Å². The smallest absolute Gasteiger partial charge is 0.273 e. The lowest BCUT2D eigenvalue weighted by Gasteiger charge is -2.41. The lowest BCUT2D eigenvalue weighted by atomic mass is 9.87. The van der Waals surface area contributed by atoms with E-state index in [2.05, 4.69) is 9.88 Å². The van der Waals surface area contributed by atoms with Crippen LogP contribution in [0.5, 0.6) is 5.19 Å². The monoisotopic (exact) mass is 350 g/mol.